The molecule has 3 N–H and O–H groups in total. The number of carbonyl (C=O) groups excluding carboxylic acids is 1. The summed E-state index contributed by atoms with van der Waals surface area (Å²) in [7, 11) is 0. The second-order valence-corrected chi connectivity index (χ2v) is 5.38. The standard InChI is InChI=1S/C16H21N3O2/c1-10(2)15-14(11(3)18-19-15)16(21)17-13(9-20)12-7-5-4-6-8-12/h4-8,10,13,20H,9H2,1-3H3,(H,17,21)(H,18,19)/t13-/m1/s1. The van der Waals surface area contributed by atoms with Gasteiger partial charge in [-0.25, -0.2) is 0 Å². The number of nitrogens with one attached hydrogen (secondary N) is 2. The molecule has 0 saturated heterocycles. The topological polar surface area (TPSA) is 78.0 Å². The van der Waals surface area contributed by atoms with Crippen molar-refractivity contribution < 1.29 is 9.90 Å². The van der Waals surface area contributed by atoms with Crippen LogP contribution in [-0.2, 0) is 0 Å². The average Bonchev–Trinajstić information content (AvgIpc) is 2.87. The zero-order valence-corrected chi connectivity index (χ0v) is 12.6. The third kappa shape index (κ3) is 3.31. The van der Waals surface area contributed by atoms with Gasteiger partial charge in [-0.2, -0.15) is 5.10 Å². The Hall–Kier alpha value is -2.14. The molecule has 0 saturated carbocycles. The van der Waals surface area contributed by atoms with Gasteiger partial charge in [-0.05, 0) is 18.4 Å². The van der Waals surface area contributed by atoms with E-state index in [0.717, 1.165) is 17.0 Å². The van der Waals surface area contributed by atoms with Crippen molar-refractivity contribution >= 4 is 5.91 Å². The first-order chi connectivity index (χ1) is 10.0. The Morgan fingerprint density at radius 1 is 1.33 bits per heavy atom. The van der Waals surface area contributed by atoms with Gasteiger partial charge in [0.25, 0.3) is 5.91 Å². The van der Waals surface area contributed by atoms with E-state index in [4.69, 9.17) is 0 Å². The van der Waals surface area contributed by atoms with Crippen LogP contribution in [0.5, 0.6) is 0 Å². The lowest BCUT2D eigenvalue weighted by Crippen LogP contribution is -2.31. The number of rotatable bonds is 5. The molecule has 1 atom stereocenters. The monoisotopic (exact) mass is 287 g/mol. The summed E-state index contributed by atoms with van der Waals surface area (Å²) in [6.45, 7) is 5.66. The molecule has 1 aromatic heterocycles. The van der Waals surface area contributed by atoms with E-state index in [0.29, 0.717) is 5.56 Å². The maximum atomic E-state index is 12.5. The Balaban J connectivity index is 2.23. The van der Waals surface area contributed by atoms with Crippen LogP contribution in [0, 0.1) is 6.92 Å². The van der Waals surface area contributed by atoms with Crippen molar-refractivity contribution in [2.45, 2.75) is 32.7 Å². The fourth-order valence-corrected chi connectivity index (χ4v) is 2.30. The van der Waals surface area contributed by atoms with Gasteiger partial charge in [0.05, 0.1) is 23.9 Å². The van der Waals surface area contributed by atoms with Crippen LogP contribution in [-0.4, -0.2) is 27.8 Å². The van der Waals surface area contributed by atoms with E-state index in [1.807, 2.05) is 51.1 Å². The SMILES string of the molecule is Cc1[nH]nc(C(C)C)c1C(=O)N[C@H](CO)c1ccccc1. The van der Waals surface area contributed by atoms with E-state index in [2.05, 4.69) is 15.5 Å². The van der Waals surface area contributed by atoms with Crippen LogP contribution in [0.3, 0.4) is 0 Å². The Morgan fingerprint density at radius 3 is 2.57 bits per heavy atom. The third-order valence-electron chi connectivity index (χ3n) is 3.44. The number of aryl methyl sites for hydroxylation is 1. The number of aliphatic hydroxyl groups is 1. The summed E-state index contributed by atoms with van der Waals surface area (Å²) in [6, 6.07) is 9.00. The average molecular weight is 287 g/mol. The lowest BCUT2D eigenvalue weighted by atomic mass is 10.0. The predicted molar refractivity (Wildman–Crippen MR) is 81.1 cm³/mol. The van der Waals surface area contributed by atoms with Crippen LogP contribution in [0.2, 0.25) is 0 Å². The summed E-state index contributed by atoms with van der Waals surface area (Å²) < 4.78 is 0. The molecular formula is C16H21N3O2. The molecule has 112 valence electrons. The van der Waals surface area contributed by atoms with Crippen LogP contribution in [0.4, 0.5) is 0 Å². The summed E-state index contributed by atoms with van der Waals surface area (Å²) in [6.07, 6.45) is 0. The lowest BCUT2D eigenvalue weighted by molar-refractivity contribution is 0.0914. The van der Waals surface area contributed by atoms with Gasteiger partial charge in [0.1, 0.15) is 0 Å². The second kappa shape index (κ2) is 6.54. The zero-order chi connectivity index (χ0) is 15.4. The van der Waals surface area contributed by atoms with Gasteiger partial charge in [-0.1, -0.05) is 44.2 Å². The van der Waals surface area contributed by atoms with Crippen molar-refractivity contribution in [2.24, 2.45) is 0 Å². The van der Waals surface area contributed by atoms with Crippen molar-refractivity contribution in [1.29, 1.82) is 0 Å². The normalized spacial score (nSPS) is 12.4. The number of hydrogen-bond donors (Lipinski definition) is 3. The molecule has 0 radical (unpaired) electrons. The van der Waals surface area contributed by atoms with E-state index in [1.54, 1.807) is 0 Å². The Bertz CT molecular complexity index is 605. The molecule has 0 bridgehead atoms. The zero-order valence-electron chi connectivity index (χ0n) is 12.6. The molecule has 5 nitrogen and oxygen atoms in total. The Kier molecular flexibility index (Phi) is 4.75. The molecule has 0 spiro atoms. The summed E-state index contributed by atoms with van der Waals surface area (Å²) >= 11 is 0. The number of H-pyrrole nitrogens is 1. The minimum atomic E-state index is -0.423. The number of aliphatic hydroxyl groups excluding tert-OH is 1. The van der Waals surface area contributed by atoms with Gasteiger partial charge in [-0.15, -0.1) is 0 Å². The molecule has 0 aliphatic rings. The molecule has 1 amide bonds. The smallest absolute Gasteiger partial charge is 0.255 e. The molecule has 0 aliphatic heterocycles. The number of benzene rings is 1. The fourth-order valence-electron chi connectivity index (χ4n) is 2.30. The highest BCUT2D eigenvalue weighted by molar-refractivity contribution is 5.96. The first kappa shape index (κ1) is 15.3. The summed E-state index contributed by atoms with van der Waals surface area (Å²) in [5.41, 5.74) is 2.93. The van der Waals surface area contributed by atoms with E-state index in [9.17, 15) is 9.90 Å². The minimum absolute atomic E-state index is 0.149. The highest BCUT2D eigenvalue weighted by atomic mass is 16.3. The number of nitrogens with zero attached hydrogens (tertiary/aromatic N) is 1. The molecule has 0 aliphatic carbocycles. The van der Waals surface area contributed by atoms with Gasteiger partial charge in [-0.3, -0.25) is 9.89 Å². The largest absolute Gasteiger partial charge is 0.394 e. The van der Waals surface area contributed by atoms with Gasteiger partial charge < -0.3 is 10.4 Å². The molecular weight excluding hydrogens is 266 g/mol. The maximum Gasteiger partial charge on any atom is 0.255 e. The van der Waals surface area contributed by atoms with Crippen LogP contribution in [0.15, 0.2) is 30.3 Å². The van der Waals surface area contributed by atoms with Crippen molar-refractivity contribution in [3.63, 3.8) is 0 Å². The van der Waals surface area contributed by atoms with Crippen molar-refractivity contribution in [3.8, 4) is 0 Å². The van der Waals surface area contributed by atoms with E-state index in [-0.39, 0.29) is 18.4 Å². The van der Waals surface area contributed by atoms with Gasteiger partial charge in [0.15, 0.2) is 0 Å². The number of aromatic nitrogens is 2. The molecule has 2 aromatic rings. The predicted octanol–water partition coefficient (Wildman–Crippen LogP) is 2.30. The summed E-state index contributed by atoms with van der Waals surface area (Å²) in [5, 5.41) is 19.5. The molecule has 0 fully saturated rings. The fraction of sp³-hybridized carbons (Fsp3) is 0.375. The quantitative estimate of drug-likeness (QED) is 0.789. The molecule has 5 heteroatoms. The molecule has 1 aromatic carbocycles. The third-order valence-corrected chi connectivity index (χ3v) is 3.44. The summed E-state index contributed by atoms with van der Waals surface area (Å²) in [4.78, 5) is 12.5. The lowest BCUT2D eigenvalue weighted by Gasteiger charge is -2.17. The van der Waals surface area contributed by atoms with E-state index in [1.165, 1.54) is 0 Å². The number of carbonyl (C=O) groups is 1. The van der Waals surface area contributed by atoms with Crippen LogP contribution >= 0.6 is 0 Å². The highest BCUT2D eigenvalue weighted by Gasteiger charge is 2.22. The van der Waals surface area contributed by atoms with Crippen molar-refractivity contribution in [1.82, 2.24) is 15.5 Å². The van der Waals surface area contributed by atoms with Gasteiger partial charge in [0, 0.05) is 5.69 Å². The van der Waals surface area contributed by atoms with Crippen molar-refractivity contribution in [2.75, 3.05) is 6.61 Å². The van der Waals surface area contributed by atoms with Crippen LogP contribution in [0.1, 0.15) is 53.1 Å². The molecule has 1 heterocycles. The van der Waals surface area contributed by atoms with Gasteiger partial charge in [0.2, 0.25) is 0 Å². The van der Waals surface area contributed by atoms with Crippen LogP contribution < -0.4 is 5.32 Å². The molecule has 2 rings (SSSR count). The Labute approximate surface area is 124 Å². The van der Waals surface area contributed by atoms with Crippen molar-refractivity contribution in [3.05, 3.63) is 52.8 Å². The molecule has 0 unspecified atom stereocenters. The van der Waals surface area contributed by atoms with E-state index < -0.39 is 6.04 Å². The maximum absolute atomic E-state index is 12.5. The molecule has 21 heavy (non-hydrogen) atoms. The Morgan fingerprint density at radius 2 is 2.00 bits per heavy atom. The summed E-state index contributed by atoms with van der Waals surface area (Å²) in [5.74, 6) is -0.0622. The second-order valence-electron chi connectivity index (χ2n) is 5.38. The minimum Gasteiger partial charge on any atom is -0.394 e. The highest BCUT2D eigenvalue weighted by Crippen LogP contribution is 2.21. The number of aromatic amines is 1. The first-order valence-corrected chi connectivity index (χ1v) is 7.06. The number of hydrogen-bond acceptors (Lipinski definition) is 3. The first-order valence-electron chi connectivity index (χ1n) is 7.06. The van der Waals surface area contributed by atoms with Gasteiger partial charge >= 0.3 is 0 Å². The van der Waals surface area contributed by atoms with Crippen LogP contribution in [0.25, 0.3) is 0 Å². The van der Waals surface area contributed by atoms with E-state index >= 15 is 0 Å². The number of amides is 1.